The highest BCUT2D eigenvalue weighted by Crippen LogP contribution is 2.42. The number of anilines is 1. The second-order valence-electron chi connectivity index (χ2n) is 9.00. The molecule has 5 heteroatoms. The minimum absolute atomic E-state index is 0.0813. The van der Waals surface area contributed by atoms with Crippen molar-refractivity contribution >= 4 is 23.1 Å². The molecular formula is C30H31NO4. The predicted octanol–water partition coefficient (Wildman–Crippen LogP) is 6.50. The summed E-state index contributed by atoms with van der Waals surface area (Å²) in [6.45, 7) is 6.70. The number of ketones is 1. The highest BCUT2D eigenvalue weighted by atomic mass is 16.5. The first-order valence-electron chi connectivity index (χ1n) is 12.1. The van der Waals surface area contributed by atoms with Gasteiger partial charge in [-0.2, -0.15) is 0 Å². The van der Waals surface area contributed by atoms with Crippen LogP contribution >= 0.6 is 0 Å². The van der Waals surface area contributed by atoms with Gasteiger partial charge >= 0.3 is 0 Å². The molecule has 0 aromatic heterocycles. The second-order valence-corrected chi connectivity index (χ2v) is 9.00. The fourth-order valence-corrected chi connectivity index (χ4v) is 4.37. The average Bonchev–Trinajstić information content (AvgIpc) is 3.13. The summed E-state index contributed by atoms with van der Waals surface area (Å²) in [4.78, 5) is 28.0. The molecule has 3 aromatic rings. The van der Waals surface area contributed by atoms with E-state index in [1.807, 2.05) is 62.4 Å². The molecule has 1 amide bonds. The highest BCUT2D eigenvalue weighted by Gasteiger charge is 2.46. The normalized spacial score (nSPS) is 17.1. The number of Topliss-reactive ketones (excluding diaryl/α,β-unsaturated/α-hetero) is 1. The van der Waals surface area contributed by atoms with E-state index in [4.69, 9.17) is 4.74 Å². The molecule has 0 bridgehead atoms. The zero-order chi connectivity index (χ0) is 24.9. The number of hydrogen-bond acceptors (Lipinski definition) is 4. The van der Waals surface area contributed by atoms with E-state index in [0.29, 0.717) is 23.6 Å². The maximum atomic E-state index is 13.3. The molecule has 0 spiro atoms. The molecule has 1 saturated heterocycles. The van der Waals surface area contributed by atoms with Gasteiger partial charge in [0.15, 0.2) is 0 Å². The van der Waals surface area contributed by atoms with Crippen LogP contribution in [0.15, 0.2) is 78.4 Å². The van der Waals surface area contributed by atoms with E-state index < -0.39 is 17.7 Å². The van der Waals surface area contributed by atoms with Gasteiger partial charge in [0.25, 0.3) is 11.7 Å². The Kier molecular flexibility index (Phi) is 7.35. The zero-order valence-electron chi connectivity index (χ0n) is 20.5. The van der Waals surface area contributed by atoms with Gasteiger partial charge in [0.1, 0.15) is 11.5 Å². The number of hydrogen-bond donors (Lipinski definition) is 1. The number of aliphatic hydroxyl groups is 1. The van der Waals surface area contributed by atoms with E-state index in [1.54, 1.807) is 24.3 Å². The van der Waals surface area contributed by atoms with Gasteiger partial charge in [-0.1, -0.05) is 67.3 Å². The van der Waals surface area contributed by atoms with Gasteiger partial charge < -0.3 is 9.84 Å². The van der Waals surface area contributed by atoms with E-state index in [2.05, 4.69) is 6.92 Å². The Bertz CT molecular complexity index is 1240. The minimum Gasteiger partial charge on any atom is -0.507 e. The summed E-state index contributed by atoms with van der Waals surface area (Å²) in [7, 11) is 0. The van der Waals surface area contributed by atoms with Gasteiger partial charge in [-0.3, -0.25) is 14.5 Å². The number of aliphatic hydroxyl groups excluding tert-OH is 1. The molecule has 0 radical (unpaired) electrons. The van der Waals surface area contributed by atoms with E-state index in [-0.39, 0.29) is 11.3 Å². The molecule has 0 saturated carbocycles. The van der Waals surface area contributed by atoms with Crippen molar-refractivity contribution in [1.82, 2.24) is 0 Å². The van der Waals surface area contributed by atoms with E-state index in [0.717, 1.165) is 36.0 Å². The van der Waals surface area contributed by atoms with Crippen LogP contribution in [0.2, 0.25) is 0 Å². The molecule has 0 aliphatic carbocycles. The van der Waals surface area contributed by atoms with Gasteiger partial charge in [-0.05, 0) is 62.2 Å². The van der Waals surface area contributed by atoms with Gasteiger partial charge in [0.05, 0.1) is 18.2 Å². The lowest BCUT2D eigenvalue weighted by atomic mass is 9.94. The van der Waals surface area contributed by atoms with Crippen molar-refractivity contribution in [2.45, 2.75) is 46.1 Å². The Morgan fingerprint density at radius 2 is 1.63 bits per heavy atom. The van der Waals surface area contributed by atoms with Crippen molar-refractivity contribution in [2.75, 3.05) is 11.5 Å². The summed E-state index contributed by atoms with van der Waals surface area (Å²) in [6, 6.07) is 21.4. The SMILES string of the molecule is CCCCCOc1ccc(/C(O)=C2/C(=O)C(=O)N(c3ccc(C)cc3)C2c2cccc(C)c2)cc1. The third-order valence-electron chi connectivity index (χ3n) is 6.26. The molecule has 1 fully saturated rings. The molecule has 180 valence electrons. The van der Waals surface area contributed by atoms with Crippen molar-refractivity contribution in [3.63, 3.8) is 0 Å². The van der Waals surface area contributed by atoms with Gasteiger partial charge in [-0.15, -0.1) is 0 Å². The first-order valence-corrected chi connectivity index (χ1v) is 12.1. The molecule has 5 nitrogen and oxygen atoms in total. The molecule has 4 rings (SSSR count). The number of ether oxygens (including phenoxy) is 1. The molecule has 35 heavy (non-hydrogen) atoms. The third kappa shape index (κ3) is 5.14. The smallest absolute Gasteiger partial charge is 0.300 e. The van der Waals surface area contributed by atoms with Crippen molar-refractivity contribution in [1.29, 1.82) is 0 Å². The zero-order valence-corrected chi connectivity index (χ0v) is 20.5. The molecule has 1 unspecified atom stereocenters. The van der Waals surface area contributed by atoms with Crippen LogP contribution in [0.25, 0.3) is 5.76 Å². The summed E-state index contributed by atoms with van der Waals surface area (Å²) in [5.41, 5.74) is 3.97. The molecule has 1 N–H and O–H groups in total. The fourth-order valence-electron chi connectivity index (χ4n) is 4.37. The summed E-state index contributed by atoms with van der Waals surface area (Å²) in [5, 5.41) is 11.3. The van der Waals surface area contributed by atoms with E-state index >= 15 is 0 Å². The minimum atomic E-state index is -0.734. The second kappa shape index (κ2) is 10.6. The Morgan fingerprint density at radius 1 is 0.914 bits per heavy atom. The first kappa shape index (κ1) is 24.3. The maximum Gasteiger partial charge on any atom is 0.300 e. The molecule has 1 aliphatic heterocycles. The maximum absolute atomic E-state index is 13.3. The Labute approximate surface area is 206 Å². The van der Waals surface area contributed by atoms with Crippen LogP contribution in [0, 0.1) is 13.8 Å². The van der Waals surface area contributed by atoms with Crippen LogP contribution in [-0.4, -0.2) is 23.4 Å². The Balaban J connectivity index is 1.75. The lowest BCUT2D eigenvalue weighted by Crippen LogP contribution is -2.29. The van der Waals surface area contributed by atoms with Crippen LogP contribution in [0.1, 0.15) is 54.5 Å². The third-order valence-corrected chi connectivity index (χ3v) is 6.26. The van der Waals surface area contributed by atoms with Crippen molar-refractivity contribution in [2.24, 2.45) is 0 Å². The van der Waals surface area contributed by atoms with Crippen LogP contribution in [0.3, 0.4) is 0 Å². The van der Waals surface area contributed by atoms with E-state index in [9.17, 15) is 14.7 Å². The van der Waals surface area contributed by atoms with Crippen LogP contribution < -0.4 is 9.64 Å². The topological polar surface area (TPSA) is 66.8 Å². The molecule has 1 heterocycles. The number of carbonyl (C=O) groups is 2. The largest absolute Gasteiger partial charge is 0.507 e. The lowest BCUT2D eigenvalue weighted by Gasteiger charge is -2.26. The summed E-state index contributed by atoms with van der Waals surface area (Å²) >= 11 is 0. The predicted molar refractivity (Wildman–Crippen MR) is 139 cm³/mol. The van der Waals surface area contributed by atoms with Crippen LogP contribution in [0.5, 0.6) is 5.75 Å². The van der Waals surface area contributed by atoms with E-state index in [1.165, 1.54) is 4.90 Å². The van der Waals surface area contributed by atoms with Crippen molar-refractivity contribution < 1.29 is 19.4 Å². The molecule has 1 aliphatic rings. The summed E-state index contributed by atoms with van der Waals surface area (Å²) in [6.07, 6.45) is 3.22. The standard InChI is InChI=1S/C30H31NO4/c1-4-5-6-18-35-25-16-12-22(13-17-25)28(32)26-27(23-9-7-8-21(3)19-23)31(30(34)29(26)33)24-14-10-20(2)11-15-24/h7-17,19,27,32H,4-6,18H2,1-3H3/b28-26-. The Hall–Kier alpha value is -3.86. The number of benzene rings is 3. The molecule has 3 aromatic carbocycles. The Morgan fingerprint density at radius 3 is 2.29 bits per heavy atom. The number of amides is 1. The first-order chi connectivity index (χ1) is 16.9. The average molecular weight is 470 g/mol. The van der Waals surface area contributed by atoms with Crippen molar-refractivity contribution in [3.8, 4) is 5.75 Å². The molecule has 1 atom stereocenters. The number of aryl methyl sites for hydroxylation is 2. The fraction of sp³-hybridized carbons (Fsp3) is 0.267. The number of nitrogens with zero attached hydrogens (tertiary/aromatic N) is 1. The monoisotopic (exact) mass is 469 g/mol. The quantitative estimate of drug-likeness (QED) is 0.177. The summed E-state index contributed by atoms with van der Waals surface area (Å²) in [5.74, 6) is -0.845. The number of carbonyl (C=O) groups excluding carboxylic acids is 2. The molecular weight excluding hydrogens is 438 g/mol. The van der Waals surface area contributed by atoms with Gasteiger partial charge in [-0.25, -0.2) is 0 Å². The number of unbranched alkanes of at least 4 members (excludes halogenated alkanes) is 2. The highest BCUT2D eigenvalue weighted by molar-refractivity contribution is 6.51. The van der Waals surface area contributed by atoms with Gasteiger partial charge in [0.2, 0.25) is 0 Å². The van der Waals surface area contributed by atoms with Gasteiger partial charge in [0, 0.05) is 11.3 Å². The lowest BCUT2D eigenvalue weighted by molar-refractivity contribution is -0.132. The van der Waals surface area contributed by atoms with Crippen molar-refractivity contribution in [3.05, 3.63) is 101 Å². The van der Waals surface area contributed by atoms with Crippen LogP contribution in [-0.2, 0) is 9.59 Å². The summed E-state index contributed by atoms with van der Waals surface area (Å²) < 4.78 is 5.77. The van der Waals surface area contributed by atoms with Crippen LogP contribution in [0.4, 0.5) is 5.69 Å². The number of rotatable bonds is 8.